The van der Waals surface area contributed by atoms with Crippen molar-refractivity contribution < 1.29 is 9.59 Å². The fourth-order valence-electron chi connectivity index (χ4n) is 1.94. The number of fused-ring (bicyclic) bond motifs is 2. The normalized spacial score (nSPS) is 17.6. The van der Waals surface area contributed by atoms with Crippen molar-refractivity contribution in [3.05, 3.63) is 41.7 Å². The third kappa shape index (κ3) is 1.57. The van der Waals surface area contributed by atoms with Crippen molar-refractivity contribution in [2.24, 2.45) is 0 Å². The second-order valence-electron chi connectivity index (χ2n) is 3.93. The van der Waals surface area contributed by atoms with Crippen LogP contribution < -0.4 is 5.32 Å². The predicted molar refractivity (Wildman–Crippen MR) is 65.9 cm³/mol. The molecule has 0 saturated heterocycles. The van der Waals surface area contributed by atoms with Gasteiger partial charge >= 0.3 is 0 Å². The van der Waals surface area contributed by atoms with Gasteiger partial charge in [0.25, 0.3) is 0 Å². The molecule has 0 aliphatic heterocycles. The van der Waals surface area contributed by atoms with Gasteiger partial charge in [0.15, 0.2) is 0 Å². The molecule has 1 amide bonds. The fraction of sp³-hybridized carbons (Fsp3) is 0.0769. The SMILES string of the molecule is O=CNC1C=Cc2nc3ccccc3nc2C1=O. The van der Waals surface area contributed by atoms with Crippen molar-refractivity contribution in [3.63, 3.8) is 0 Å². The standard InChI is InChI=1S/C13H9N3O2/c17-7-14-11-6-5-10-12(13(11)18)16-9-4-2-1-3-8(9)15-10/h1-7,11H,(H,14,17). The lowest BCUT2D eigenvalue weighted by Gasteiger charge is -2.16. The molecule has 5 heteroatoms. The molecule has 5 nitrogen and oxygen atoms in total. The quantitative estimate of drug-likeness (QED) is 0.792. The van der Waals surface area contributed by atoms with Gasteiger partial charge < -0.3 is 5.32 Å². The monoisotopic (exact) mass is 239 g/mol. The Kier molecular flexibility index (Phi) is 2.37. The van der Waals surface area contributed by atoms with Gasteiger partial charge in [-0.15, -0.1) is 0 Å². The van der Waals surface area contributed by atoms with Gasteiger partial charge in [-0.1, -0.05) is 18.2 Å². The van der Waals surface area contributed by atoms with Gasteiger partial charge in [0, 0.05) is 0 Å². The zero-order chi connectivity index (χ0) is 12.5. The molecular formula is C13H9N3O2. The Balaban J connectivity index is 2.16. The highest BCUT2D eigenvalue weighted by atomic mass is 16.1. The highest BCUT2D eigenvalue weighted by Gasteiger charge is 2.25. The maximum Gasteiger partial charge on any atom is 0.209 e. The van der Waals surface area contributed by atoms with Gasteiger partial charge in [0.05, 0.1) is 16.7 Å². The van der Waals surface area contributed by atoms with Crippen molar-refractivity contribution in [1.29, 1.82) is 0 Å². The summed E-state index contributed by atoms with van der Waals surface area (Å²) in [4.78, 5) is 31.2. The van der Waals surface area contributed by atoms with Gasteiger partial charge in [-0.05, 0) is 18.2 Å². The van der Waals surface area contributed by atoms with E-state index >= 15 is 0 Å². The molecule has 1 atom stereocenters. The van der Waals surface area contributed by atoms with E-state index in [1.54, 1.807) is 18.2 Å². The van der Waals surface area contributed by atoms with E-state index in [-0.39, 0.29) is 5.78 Å². The van der Waals surface area contributed by atoms with Gasteiger partial charge in [0.1, 0.15) is 11.7 Å². The molecule has 0 radical (unpaired) electrons. The number of rotatable bonds is 2. The number of para-hydroxylation sites is 2. The molecule has 1 aromatic carbocycles. The zero-order valence-corrected chi connectivity index (χ0v) is 9.33. The van der Waals surface area contributed by atoms with E-state index in [0.29, 0.717) is 23.3 Å². The van der Waals surface area contributed by atoms with Crippen molar-refractivity contribution in [3.8, 4) is 0 Å². The zero-order valence-electron chi connectivity index (χ0n) is 9.33. The average Bonchev–Trinajstić information content (AvgIpc) is 2.41. The predicted octanol–water partition coefficient (Wildman–Crippen LogP) is 0.954. The Morgan fingerprint density at radius 3 is 2.61 bits per heavy atom. The molecule has 0 saturated carbocycles. The van der Waals surface area contributed by atoms with Crippen LogP contribution in [0, 0.1) is 0 Å². The minimum Gasteiger partial charge on any atom is -0.345 e. The molecule has 1 unspecified atom stereocenters. The van der Waals surface area contributed by atoms with E-state index in [0.717, 1.165) is 5.52 Å². The first-order valence-corrected chi connectivity index (χ1v) is 5.48. The number of carbonyl (C=O) groups is 2. The summed E-state index contributed by atoms with van der Waals surface area (Å²) in [6.45, 7) is 0. The number of hydrogen-bond donors (Lipinski definition) is 1. The largest absolute Gasteiger partial charge is 0.345 e. The maximum atomic E-state index is 12.1. The molecule has 1 heterocycles. The molecule has 2 aromatic rings. The molecule has 0 fully saturated rings. The van der Waals surface area contributed by atoms with E-state index in [2.05, 4.69) is 15.3 Å². The minimum absolute atomic E-state index is 0.238. The van der Waals surface area contributed by atoms with Crippen molar-refractivity contribution >= 4 is 29.3 Å². The smallest absolute Gasteiger partial charge is 0.209 e. The number of amides is 1. The van der Waals surface area contributed by atoms with Crippen molar-refractivity contribution in [2.45, 2.75) is 6.04 Å². The van der Waals surface area contributed by atoms with Crippen LogP contribution in [0.15, 0.2) is 30.3 Å². The Labute approximate surface area is 103 Å². The van der Waals surface area contributed by atoms with Gasteiger partial charge in [0.2, 0.25) is 12.2 Å². The molecule has 1 aliphatic rings. The summed E-state index contributed by atoms with van der Waals surface area (Å²) in [6, 6.07) is 6.71. The summed E-state index contributed by atoms with van der Waals surface area (Å²) >= 11 is 0. The number of aromatic nitrogens is 2. The molecule has 0 spiro atoms. The Morgan fingerprint density at radius 2 is 1.89 bits per heavy atom. The van der Waals surface area contributed by atoms with Crippen LogP contribution in [0.1, 0.15) is 16.2 Å². The summed E-state index contributed by atoms with van der Waals surface area (Å²) in [5.74, 6) is -0.238. The minimum atomic E-state index is -0.648. The molecule has 1 N–H and O–H groups in total. The number of nitrogens with zero attached hydrogens (tertiary/aromatic N) is 2. The average molecular weight is 239 g/mol. The summed E-state index contributed by atoms with van der Waals surface area (Å²) < 4.78 is 0. The Hall–Kier alpha value is -2.56. The number of ketones is 1. The number of benzene rings is 1. The first-order chi connectivity index (χ1) is 8.79. The number of nitrogens with one attached hydrogen (secondary N) is 1. The maximum absolute atomic E-state index is 12.1. The third-order valence-electron chi connectivity index (χ3n) is 2.81. The van der Waals surface area contributed by atoms with Crippen molar-refractivity contribution in [2.75, 3.05) is 0 Å². The van der Waals surface area contributed by atoms with Crippen LogP contribution in [0.3, 0.4) is 0 Å². The van der Waals surface area contributed by atoms with Gasteiger partial charge in [-0.3, -0.25) is 9.59 Å². The Bertz CT molecular complexity index is 679. The Morgan fingerprint density at radius 1 is 1.17 bits per heavy atom. The van der Waals surface area contributed by atoms with Crippen LogP contribution in [0.4, 0.5) is 0 Å². The van der Waals surface area contributed by atoms with E-state index in [4.69, 9.17) is 0 Å². The lowest BCUT2D eigenvalue weighted by atomic mass is 10.0. The lowest BCUT2D eigenvalue weighted by Crippen LogP contribution is -2.36. The van der Waals surface area contributed by atoms with Gasteiger partial charge in [-0.25, -0.2) is 9.97 Å². The molecule has 3 rings (SSSR count). The first-order valence-electron chi connectivity index (χ1n) is 5.48. The molecule has 0 bridgehead atoms. The molecule has 88 valence electrons. The summed E-state index contributed by atoms with van der Waals surface area (Å²) in [5, 5.41) is 2.44. The second-order valence-corrected chi connectivity index (χ2v) is 3.93. The molecule has 1 aromatic heterocycles. The van der Waals surface area contributed by atoms with Crippen molar-refractivity contribution in [1.82, 2.24) is 15.3 Å². The number of hydrogen-bond acceptors (Lipinski definition) is 4. The third-order valence-corrected chi connectivity index (χ3v) is 2.81. The van der Waals surface area contributed by atoms with Crippen LogP contribution in [0.5, 0.6) is 0 Å². The molecular weight excluding hydrogens is 230 g/mol. The second kappa shape index (κ2) is 4.03. The fourth-order valence-corrected chi connectivity index (χ4v) is 1.94. The highest BCUT2D eigenvalue weighted by Crippen LogP contribution is 2.19. The van der Waals surface area contributed by atoms with Crippen LogP contribution in [-0.2, 0) is 4.79 Å². The highest BCUT2D eigenvalue weighted by molar-refractivity contribution is 6.06. The molecule has 18 heavy (non-hydrogen) atoms. The topological polar surface area (TPSA) is 72.0 Å². The van der Waals surface area contributed by atoms with Crippen LogP contribution >= 0.6 is 0 Å². The van der Waals surface area contributed by atoms with Crippen LogP contribution in [0.2, 0.25) is 0 Å². The van der Waals surface area contributed by atoms with E-state index in [9.17, 15) is 9.59 Å². The molecule has 1 aliphatic carbocycles. The summed E-state index contributed by atoms with van der Waals surface area (Å²) in [6.07, 6.45) is 3.83. The van der Waals surface area contributed by atoms with E-state index in [1.807, 2.05) is 18.2 Å². The lowest BCUT2D eigenvalue weighted by molar-refractivity contribution is -0.109. The van der Waals surface area contributed by atoms with Gasteiger partial charge in [-0.2, -0.15) is 0 Å². The first kappa shape index (κ1) is 10.6. The van der Waals surface area contributed by atoms with Crippen LogP contribution in [-0.4, -0.2) is 28.2 Å². The summed E-state index contributed by atoms with van der Waals surface area (Å²) in [7, 11) is 0. The van der Waals surface area contributed by atoms with Crippen LogP contribution in [0.25, 0.3) is 17.1 Å². The summed E-state index contributed by atoms with van der Waals surface area (Å²) in [5.41, 5.74) is 2.26. The number of Topliss-reactive ketones (excluding diaryl/α,β-unsaturated/α-hetero) is 1. The number of carbonyl (C=O) groups excluding carboxylic acids is 2. The van der Waals surface area contributed by atoms with E-state index < -0.39 is 6.04 Å². The van der Waals surface area contributed by atoms with E-state index in [1.165, 1.54) is 0 Å².